The van der Waals surface area contributed by atoms with Gasteiger partial charge in [-0.2, -0.15) is 10.1 Å². The number of para-hydroxylation sites is 1. The van der Waals surface area contributed by atoms with Gasteiger partial charge in [0.1, 0.15) is 0 Å². The average Bonchev–Trinajstić information content (AvgIpc) is 2.92. The van der Waals surface area contributed by atoms with E-state index < -0.39 is 0 Å². The number of hydrazone groups is 1. The normalized spacial score (nSPS) is 15.5. The number of amides is 1. The summed E-state index contributed by atoms with van der Waals surface area (Å²) in [4.78, 5) is 19.9. The lowest BCUT2D eigenvalue weighted by Gasteiger charge is -2.24. The van der Waals surface area contributed by atoms with E-state index in [2.05, 4.69) is 51.8 Å². The number of anilines is 2. The van der Waals surface area contributed by atoms with Gasteiger partial charge in [-0.05, 0) is 69.0 Å². The van der Waals surface area contributed by atoms with Crippen LogP contribution < -0.4 is 9.91 Å². The van der Waals surface area contributed by atoms with Crippen LogP contribution in [-0.2, 0) is 4.79 Å². The van der Waals surface area contributed by atoms with Crippen LogP contribution in [0.5, 0.6) is 0 Å². The first-order valence-corrected chi connectivity index (χ1v) is 9.05. The third-order valence-electron chi connectivity index (χ3n) is 5.21. The standard InChI is InChI=1S/C22H26N4O/c1-13-15(3)21(25(6)7)16(4)14(2)19(13)23-20-17(5)24-26(22(20)27)18-11-9-8-10-12-18/h8-12H,1-7H3. The molecule has 0 spiro atoms. The molecule has 0 fully saturated rings. The average molecular weight is 362 g/mol. The highest BCUT2D eigenvalue weighted by molar-refractivity contribution is 6.71. The highest BCUT2D eigenvalue weighted by Crippen LogP contribution is 2.37. The first kappa shape index (κ1) is 18.8. The molecule has 0 saturated heterocycles. The van der Waals surface area contributed by atoms with E-state index in [4.69, 9.17) is 4.99 Å². The molecule has 3 rings (SSSR count). The van der Waals surface area contributed by atoms with Crippen LogP contribution in [0.2, 0.25) is 0 Å². The maximum Gasteiger partial charge on any atom is 0.299 e. The lowest BCUT2D eigenvalue weighted by atomic mass is 9.95. The fraction of sp³-hybridized carbons (Fsp3) is 0.318. The quantitative estimate of drug-likeness (QED) is 0.808. The Kier molecular flexibility index (Phi) is 4.87. The lowest BCUT2D eigenvalue weighted by molar-refractivity contribution is -0.112. The molecule has 5 heteroatoms. The summed E-state index contributed by atoms with van der Waals surface area (Å²) in [6, 6.07) is 9.44. The maximum atomic E-state index is 13.0. The van der Waals surface area contributed by atoms with Gasteiger partial charge >= 0.3 is 0 Å². The highest BCUT2D eigenvalue weighted by atomic mass is 16.2. The molecule has 0 N–H and O–H groups in total. The van der Waals surface area contributed by atoms with E-state index in [-0.39, 0.29) is 5.91 Å². The minimum Gasteiger partial charge on any atom is -0.377 e. The molecule has 1 heterocycles. The van der Waals surface area contributed by atoms with E-state index in [1.807, 2.05) is 37.3 Å². The van der Waals surface area contributed by atoms with Crippen LogP contribution in [0.4, 0.5) is 17.1 Å². The third-order valence-corrected chi connectivity index (χ3v) is 5.21. The zero-order chi connectivity index (χ0) is 19.9. The zero-order valence-corrected chi connectivity index (χ0v) is 17.1. The largest absolute Gasteiger partial charge is 0.377 e. The minimum absolute atomic E-state index is 0.190. The van der Waals surface area contributed by atoms with Crippen molar-refractivity contribution in [3.05, 3.63) is 52.6 Å². The van der Waals surface area contributed by atoms with Gasteiger partial charge in [-0.25, -0.2) is 4.99 Å². The van der Waals surface area contributed by atoms with Gasteiger partial charge in [0.2, 0.25) is 0 Å². The molecule has 1 amide bonds. The molecule has 1 aliphatic rings. The van der Waals surface area contributed by atoms with E-state index in [9.17, 15) is 4.79 Å². The summed E-state index contributed by atoms with van der Waals surface area (Å²) in [6.07, 6.45) is 0. The van der Waals surface area contributed by atoms with Crippen LogP contribution in [0.1, 0.15) is 29.2 Å². The smallest absolute Gasteiger partial charge is 0.299 e. The summed E-state index contributed by atoms with van der Waals surface area (Å²) in [5.41, 5.74) is 8.41. The van der Waals surface area contributed by atoms with Crippen molar-refractivity contribution < 1.29 is 4.79 Å². The first-order valence-electron chi connectivity index (χ1n) is 9.05. The van der Waals surface area contributed by atoms with Crippen LogP contribution in [-0.4, -0.2) is 31.4 Å². The Labute approximate surface area is 161 Å². The molecule has 0 unspecified atom stereocenters. The molecule has 0 aliphatic carbocycles. The van der Waals surface area contributed by atoms with Crippen molar-refractivity contribution in [2.75, 3.05) is 24.0 Å². The molecule has 5 nitrogen and oxygen atoms in total. The molecule has 0 aromatic heterocycles. The molecule has 2 aromatic carbocycles. The Morgan fingerprint density at radius 3 is 1.96 bits per heavy atom. The minimum atomic E-state index is -0.190. The molecular weight excluding hydrogens is 336 g/mol. The topological polar surface area (TPSA) is 48.3 Å². The SMILES string of the molecule is CC1=NN(c2ccccc2)C(=O)C1=Nc1c(C)c(C)c(N(C)C)c(C)c1C. The van der Waals surface area contributed by atoms with Gasteiger partial charge in [0.05, 0.1) is 17.1 Å². The second-order valence-electron chi connectivity index (χ2n) is 7.19. The van der Waals surface area contributed by atoms with Crippen molar-refractivity contribution in [1.82, 2.24) is 0 Å². The molecule has 2 aromatic rings. The summed E-state index contributed by atoms with van der Waals surface area (Å²) in [5, 5.41) is 5.85. The van der Waals surface area contributed by atoms with Crippen LogP contribution in [0.3, 0.4) is 0 Å². The summed E-state index contributed by atoms with van der Waals surface area (Å²) >= 11 is 0. The number of carbonyl (C=O) groups excluding carboxylic acids is 1. The number of rotatable bonds is 3. The molecule has 0 atom stereocenters. The van der Waals surface area contributed by atoms with E-state index in [0.29, 0.717) is 11.4 Å². The van der Waals surface area contributed by atoms with Crippen molar-refractivity contribution in [3.8, 4) is 0 Å². The fourth-order valence-corrected chi connectivity index (χ4v) is 3.59. The number of benzene rings is 2. The van der Waals surface area contributed by atoms with Crippen LogP contribution in [0.15, 0.2) is 40.4 Å². The van der Waals surface area contributed by atoms with E-state index in [1.54, 1.807) is 0 Å². The Hall–Kier alpha value is -2.95. The number of nitrogens with zero attached hydrogens (tertiary/aromatic N) is 4. The molecule has 0 saturated carbocycles. The molecular formula is C22H26N4O. The molecule has 140 valence electrons. The van der Waals surface area contributed by atoms with Gasteiger partial charge in [-0.1, -0.05) is 18.2 Å². The van der Waals surface area contributed by atoms with Gasteiger partial charge < -0.3 is 4.90 Å². The number of hydrogen-bond acceptors (Lipinski definition) is 4. The molecule has 1 aliphatic heterocycles. The van der Waals surface area contributed by atoms with Crippen molar-refractivity contribution in [3.63, 3.8) is 0 Å². The summed E-state index contributed by atoms with van der Waals surface area (Å²) in [7, 11) is 4.10. The summed E-state index contributed by atoms with van der Waals surface area (Å²) < 4.78 is 0. The predicted molar refractivity (Wildman–Crippen MR) is 114 cm³/mol. The molecule has 27 heavy (non-hydrogen) atoms. The van der Waals surface area contributed by atoms with Gasteiger partial charge in [-0.15, -0.1) is 0 Å². The number of hydrogen-bond donors (Lipinski definition) is 0. The summed E-state index contributed by atoms with van der Waals surface area (Å²) in [6.45, 7) is 10.2. The Balaban J connectivity index is 2.11. The maximum absolute atomic E-state index is 13.0. The molecule has 0 radical (unpaired) electrons. The Morgan fingerprint density at radius 1 is 0.889 bits per heavy atom. The summed E-state index contributed by atoms with van der Waals surface area (Å²) in [5.74, 6) is -0.190. The molecule has 0 bridgehead atoms. The lowest BCUT2D eigenvalue weighted by Crippen LogP contribution is -2.27. The first-order chi connectivity index (χ1) is 12.7. The van der Waals surface area contributed by atoms with Crippen molar-refractivity contribution in [2.45, 2.75) is 34.6 Å². The van der Waals surface area contributed by atoms with Crippen molar-refractivity contribution in [1.29, 1.82) is 0 Å². The Bertz CT molecular complexity index is 943. The monoisotopic (exact) mass is 362 g/mol. The Morgan fingerprint density at radius 2 is 1.44 bits per heavy atom. The van der Waals surface area contributed by atoms with Gasteiger partial charge in [0.15, 0.2) is 5.71 Å². The van der Waals surface area contributed by atoms with Crippen molar-refractivity contribution in [2.24, 2.45) is 10.1 Å². The van der Waals surface area contributed by atoms with Crippen LogP contribution >= 0.6 is 0 Å². The number of carbonyl (C=O) groups is 1. The fourth-order valence-electron chi connectivity index (χ4n) is 3.59. The van der Waals surface area contributed by atoms with E-state index in [0.717, 1.165) is 22.5 Å². The highest BCUT2D eigenvalue weighted by Gasteiger charge is 2.31. The number of aliphatic imine (C=N–C) groups is 1. The van der Waals surface area contributed by atoms with Gasteiger partial charge in [0.25, 0.3) is 5.91 Å². The van der Waals surface area contributed by atoms with E-state index in [1.165, 1.54) is 21.8 Å². The van der Waals surface area contributed by atoms with Crippen LogP contribution in [0, 0.1) is 27.7 Å². The van der Waals surface area contributed by atoms with Gasteiger partial charge in [-0.3, -0.25) is 4.79 Å². The van der Waals surface area contributed by atoms with Crippen molar-refractivity contribution >= 4 is 34.4 Å². The predicted octanol–water partition coefficient (Wildman–Crippen LogP) is 4.48. The van der Waals surface area contributed by atoms with Gasteiger partial charge in [0, 0.05) is 19.8 Å². The van der Waals surface area contributed by atoms with E-state index >= 15 is 0 Å². The second kappa shape index (κ2) is 6.99. The van der Waals surface area contributed by atoms with Crippen LogP contribution in [0.25, 0.3) is 0 Å². The third kappa shape index (κ3) is 3.14. The second-order valence-corrected chi connectivity index (χ2v) is 7.19. The zero-order valence-electron chi connectivity index (χ0n) is 17.1.